The first-order chi connectivity index (χ1) is 36.0. The van der Waals surface area contributed by atoms with Crippen LogP contribution in [0.15, 0.2) is 48.6 Å². The number of hydrogen-bond acceptors (Lipinski definition) is 6. The van der Waals surface area contributed by atoms with Gasteiger partial charge in [-0.1, -0.05) is 288 Å². The van der Waals surface area contributed by atoms with Gasteiger partial charge in [0.15, 0.2) is 6.10 Å². The van der Waals surface area contributed by atoms with Crippen LogP contribution in [0.5, 0.6) is 0 Å². The molecule has 0 bridgehead atoms. The molecule has 0 heterocycles. The molecule has 0 radical (unpaired) electrons. The van der Waals surface area contributed by atoms with Crippen LogP contribution in [0.2, 0.25) is 0 Å². The summed E-state index contributed by atoms with van der Waals surface area (Å²) in [7, 11) is 0. The van der Waals surface area contributed by atoms with Crippen LogP contribution in [0.25, 0.3) is 0 Å². The first-order valence-corrected chi connectivity index (χ1v) is 32.1. The molecule has 6 heteroatoms. The van der Waals surface area contributed by atoms with E-state index in [0.29, 0.717) is 19.3 Å². The smallest absolute Gasteiger partial charge is 0.306 e. The largest absolute Gasteiger partial charge is 0.462 e. The van der Waals surface area contributed by atoms with Gasteiger partial charge in [-0.15, -0.1) is 0 Å². The number of unbranched alkanes of at least 4 members (excludes halogenated alkanes) is 40. The second-order valence-electron chi connectivity index (χ2n) is 21.7. The summed E-state index contributed by atoms with van der Waals surface area (Å²) in [6, 6.07) is 0. The molecule has 0 aromatic heterocycles. The average molecular weight is 1020 g/mol. The molecule has 73 heavy (non-hydrogen) atoms. The summed E-state index contributed by atoms with van der Waals surface area (Å²) >= 11 is 0. The lowest BCUT2D eigenvalue weighted by atomic mass is 10.0. The molecule has 0 fully saturated rings. The molecule has 0 aromatic carbocycles. The van der Waals surface area contributed by atoms with Gasteiger partial charge in [-0.25, -0.2) is 0 Å². The highest BCUT2D eigenvalue weighted by Gasteiger charge is 2.19. The summed E-state index contributed by atoms with van der Waals surface area (Å²) in [5.74, 6) is -0.865. The van der Waals surface area contributed by atoms with Crippen molar-refractivity contribution < 1.29 is 28.6 Å². The van der Waals surface area contributed by atoms with Crippen molar-refractivity contribution >= 4 is 17.9 Å². The molecule has 426 valence electrons. The predicted molar refractivity (Wildman–Crippen MR) is 316 cm³/mol. The maximum absolute atomic E-state index is 12.9. The number of carbonyl (C=O) groups excluding carboxylic acids is 3. The fourth-order valence-electron chi connectivity index (χ4n) is 9.45. The SMILES string of the molecule is CCCCCC/C=C\C/C=C\CCCCCCCCCC(=O)OC(COC(=O)CCCCCCCCCCC/C=C\C/C=C\CCCCCCC)COC(=O)CCCCCCCCCCCCCCCCCC. The number of hydrogen-bond donors (Lipinski definition) is 0. The van der Waals surface area contributed by atoms with Crippen LogP contribution in [0.3, 0.4) is 0 Å². The molecule has 0 aliphatic heterocycles. The van der Waals surface area contributed by atoms with E-state index in [0.717, 1.165) is 77.0 Å². The summed E-state index contributed by atoms with van der Waals surface area (Å²) in [5, 5.41) is 0. The zero-order chi connectivity index (χ0) is 52.9. The van der Waals surface area contributed by atoms with E-state index in [1.165, 1.54) is 225 Å². The number of ether oxygens (including phenoxy) is 3. The quantitative estimate of drug-likeness (QED) is 0.0261. The molecule has 0 saturated carbocycles. The fraction of sp³-hybridized carbons (Fsp3) is 0.836. The van der Waals surface area contributed by atoms with E-state index in [1.54, 1.807) is 0 Å². The number of rotatable bonds is 59. The van der Waals surface area contributed by atoms with Gasteiger partial charge in [-0.3, -0.25) is 14.4 Å². The van der Waals surface area contributed by atoms with E-state index in [1.807, 2.05) is 0 Å². The minimum absolute atomic E-state index is 0.0740. The first-order valence-electron chi connectivity index (χ1n) is 32.1. The van der Waals surface area contributed by atoms with Crippen LogP contribution in [0.4, 0.5) is 0 Å². The number of carbonyl (C=O) groups is 3. The Morgan fingerprint density at radius 2 is 0.493 bits per heavy atom. The molecule has 0 aliphatic rings. The lowest BCUT2D eigenvalue weighted by Crippen LogP contribution is -2.30. The average Bonchev–Trinajstić information content (AvgIpc) is 3.39. The Bertz CT molecular complexity index is 1270. The molecule has 0 saturated heterocycles. The minimum Gasteiger partial charge on any atom is -0.462 e. The van der Waals surface area contributed by atoms with Gasteiger partial charge in [0, 0.05) is 19.3 Å². The Balaban J connectivity index is 4.35. The Morgan fingerprint density at radius 3 is 0.767 bits per heavy atom. The molecule has 1 unspecified atom stereocenters. The Labute approximate surface area is 454 Å². The molecule has 0 aliphatic carbocycles. The first kappa shape index (κ1) is 70.4. The zero-order valence-corrected chi connectivity index (χ0v) is 48.9. The van der Waals surface area contributed by atoms with Crippen molar-refractivity contribution in [1.82, 2.24) is 0 Å². The van der Waals surface area contributed by atoms with Gasteiger partial charge in [0.2, 0.25) is 0 Å². The van der Waals surface area contributed by atoms with E-state index in [2.05, 4.69) is 69.4 Å². The van der Waals surface area contributed by atoms with Crippen molar-refractivity contribution in [2.45, 2.75) is 348 Å². The van der Waals surface area contributed by atoms with Crippen molar-refractivity contribution in [1.29, 1.82) is 0 Å². The van der Waals surface area contributed by atoms with E-state index >= 15 is 0 Å². The summed E-state index contributed by atoms with van der Waals surface area (Å²) in [4.78, 5) is 38.3. The fourth-order valence-corrected chi connectivity index (χ4v) is 9.45. The maximum Gasteiger partial charge on any atom is 0.306 e. The monoisotopic (exact) mass is 1020 g/mol. The van der Waals surface area contributed by atoms with E-state index in [-0.39, 0.29) is 31.1 Å². The highest BCUT2D eigenvalue weighted by atomic mass is 16.6. The molecular weight excluding hydrogens is 901 g/mol. The second kappa shape index (κ2) is 61.9. The van der Waals surface area contributed by atoms with Crippen LogP contribution < -0.4 is 0 Å². The van der Waals surface area contributed by atoms with Crippen molar-refractivity contribution in [3.8, 4) is 0 Å². The highest BCUT2D eigenvalue weighted by Crippen LogP contribution is 2.17. The third-order valence-corrected chi connectivity index (χ3v) is 14.3. The molecule has 0 N–H and O–H groups in total. The van der Waals surface area contributed by atoms with Crippen molar-refractivity contribution in [2.24, 2.45) is 0 Å². The van der Waals surface area contributed by atoms with Gasteiger partial charge >= 0.3 is 17.9 Å². The van der Waals surface area contributed by atoms with Crippen LogP contribution >= 0.6 is 0 Å². The van der Waals surface area contributed by atoms with Crippen LogP contribution in [0, 0.1) is 0 Å². The Kier molecular flexibility index (Phi) is 59.7. The Hall–Kier alpha value is -2.63. The molecule has 0 aromatic rings. The topological polar surface area (TPSA) is 78.9 Å². The van der Waals surface area contributed by atoms with Gasteiger partial charge in [-0.05, 0) is 83.5 Å². The molecule has 0 rings (SSSR count). The number of allylic oxidation sites excluding steroid dienone is 8. The molecule has 0 spiro atoms. The predicted octanol–water partition coefficient (Wildman–Crippen LogP) is 21.8. The summed E-state index contributed by atoms with van der Waals surface area (Å²) in [6.07, 6.45) is 76.8. The summed E-state index contributed by atoms with van der Waals surface area (Å²) in [6.45, 7) is 6.66. The lowest BCUT2D eigenvalue weighted by molar-refractivity contribution is -0.167. The lowest BCUT2D eigenvalue weighted by Gasteiger charge is -2.18. The molecule has 1 atom stereocenters. The zero-order valence-electron chi connectivity index (χ0n) is 48.9. The van der Waals surface area contributed by atoms with Crippen LogP contribution in [0.1, 0.15) is 342 Å². The summed E-state index contributed by atoms with van der Waals surface area (Å²) in [5.41, 5.74) is 0. The third-order valence-electron chi connectivity index (χ3n) is 14.3. The standard InChI is InChI=1S/C67H122O6/c1-4-7-10-13-16-19-22-25-28-31-33-34-35-37-39-42-45-48-51-54-57-60-66(69)72-63-64(62-71-65(68)59-56-53-50-47-44-41-38-30-27-24-21-18-15-12-9-6-3)73-67(70)61-58-55-52-49-46-43-40-36-32-29-26-23-20-17-14-11-8-5-2/h20,22-23,25,29,31-33,64H,4-19,21,24,26-28,30,34-63H2,1-3H3/b23-20-,25-22-,32-29-,33-31-. The van der Waals surface area contributed by atoms with E-state index < -0.39 is 6.10 Å². The number of esters is 3. The van der Waals surface area contributed by atoms with Crippen LogP contribution in [-0.2, 0) is 28.6 Å². The van der Waals surface area contributed by atoms with Gasteiger partial charge in [0.1, 0.15) is 13.2 Å². The maximum atomic E-state index is 12.9. The molecule has 0 amide bonds. The Morgan fingerprint density at radius 1 is 0.274 bits per heavy atom. The molecule has 6 nitrogen and oxygen atoms in total. The van der Waals surface area contributed by atoms with E-state index in [9.17, 15) is 14.4 Å². The molecular formula is C67H122O6. The highest BCUT2D eigenvalue weighted by molar-refractivity contribution is 5.71. The van der Waals surface area contributed by atoms with Gasteiger partial charge in [0.05, 0.1) is 0 Å². The van der Waals surface area contributed by atoms with Gasteiger partial charge < -0.3 is 14.2 Å². The van der Waals surface area contributed by atoms with Crippen molar-refractivity contribution in [3.63, 3.8) is 0 Å². The van der Waals surface area contributed by atoms with Crippen LogP contribution in [-0.4, -0.2) is 37.2 Å². The van der Waals surface area contributed by atoms with E-state index in [4.69, 9.17) is 14.2 Å². The van der Waals surface area contributed by atoms with Crippen molar-refractivity contribution in [3.05, 3.63) is 48.6 Å². The summed E-state index contributed by atoms with van der Waals surface area (Å²) < 4.78 is 16.9. The normalized spacial score (nSPS) is 12.3. The third kappa shape index (κ3) is 60.1. The van der Waals surface area contributed by atoms with Gasteiger partial charge in [-0.2, -0.15) is 0 Å². The minimum atomic E-state index is -0.778. The van der Waals surface area contributed by atoms with Crippen molar-refractivity contribution in [2.75, 3.05) is 13.2 Å². The second-order valence-corrected chi connectivity index (χ2v) is 21.7. The van der Waals surface area contributed by atoms with Gasteiger partial charge in [0.25, 0.3) is 0 Å².